The van der Waals surface area contributed by atoms with Gasteiger partial charge in [-0.3, -0.25) is 14.9 Å². The van der Waals surface area contributed by atoms with Gasteiger partial charge in [0.1, 0.15) is 11.3 Å². The van der Waals surface area contributed by atoms with Gasteiger partial charge >= 0.3 is 0 Å². The average Bonchev–Trinajstić information content (AvgIpc) is 2.98. The molecule has 0 aromatic carbocycles. The molecule has 3 rings (SSSR count). The van der Waals surface area contributed by atoms with Crippen LogP contribution in [0.2, 0.25) is 5.15 Å². The van der Waals surface area contributed by atoms with Gasteiger partial charge in [-0.15, -0.1) is 0 Å². The highest BCUT2D eigenvalue weighted by atomic mass is 35.5. The number of fused-ring (bicyclic) bond motifs is 1. The Labute approximate surface area is 120 Å². The van der Waals surface area contributed by atoms with E-state index in [0.29, 0.717) is 11.8 Å². The number of amides is 1. The Hall–Kier alpha value is -1.69. The molecule has 1 aromatic heterocycles. The fourth-order valence-electron chi connectivity index (χ4n) is 3.26. The summed E-state index contributed by atoms with van der Waals surface area (Å²) in [6.07, 6.45) is 4.62. The van der Waals surface area contributed by atoms with Crippen LogP contribution in [0.25, 0.3) is 0 Å². The molecule has 2 fully saturated rings. The molecule has 1 aliphatic carbocycles. The predicted octanol–water partition coefficient (Wildman–Crippen LogP) is 2.52. The standard InChI is InChI=1S/C13H14ClN3O3/c14-12-11(4-10(5-15-12)17(19)20)13(18)16-6-8-2-1-3-9(8)7-16/h4-5,8-9H,1-3,6-7H2. The number of hydrogen-bond acceptors (Lipinski definition) is 4. The molecule has 106 valence electrons. The van der Waals surface area contributed by atoms with Crippen molar-refractivity contribution in [1.82, 2.24) is 9.88 Å². The summed E-state index contributed by atoms with van der Waals surface area (Å²) in [7, 11) is 0. The van der Waals surface area contributed by atoms with E-state index in [1.807, 2.05) is 0 Å². The average molecular weight is 296 g/mol. The van der Waals surface area contributed by atoms with Crippen molar-refractivity contribution in [3.8, 4) is 0 Å². The summed E-state index contributed by atoms with van der Waals surface area (Å²) in [6.45, 7) is 1.45. The van der Waals surface area contributed by atoms with Crippen molar-refractivity contribution in [2.45, 2.75) is 19.3 Å². The molecule has 0 bridgehead atoms. The van der Waals surface area contributed by atoms with Gasteiger partial charge in [0.15, 0.2) is 0 Å². The van der Waals surface area contributed by atoms with Gasteiger partial charge in [0.2, 0.25) is 0 Å². The number of nitrogens with zero attached hydrogens (tertiary/aromatic N) is 3. The fourth-order valence-corrected chi connectivity index (χ4v) is 3.44. The summed E-state index contributed by atoms with van der Waals surface area (Å²) >= 11 is 5.91. The van der Waals surface area contributed by atoms with E-state index in [1.54, 1.807) is 4.90 Å². The maximum Gasteiger partial charge on any atom is 0.288 e. The van der Waals surface area contributed by atoms with Gasteiger partial charge in [-0.2, -0.15) is 0 Å². The highest BCUT2D eigenvalue weighted by Gasteiger charge is 2.38. The van der Waals surface area contributed by atoms with Crippen molar-refractivity contribution < 1.29 is 9.72 Å². The van der Waals surface area contributed by atoms with Crippen molar-refractivity contribution in [3.05, 3.63) is 33.1 Å². The second-order valence-electron chi connectivity index (χ2n) is 5.45. The molecule has 2 atom stereocenters. The van der Waals surface area contributed by atoms with Crippen molar-refractivity contribution in [2.75, 3.05) is 13.1 Å². The molecule has 20 heavy (non-hydrogen) atoms. The summed E-state index contributed by atoms with van der Waals surface area (Å²) in [4.78, 5) is 28.1. The summed E-state index contributed by atoms with van der Waals surface area (Å²) in [6, 6.07) is 1.21. The molecular weight excluding hydrogens is 282 g/mol. The van der Waals surface area contributed by atoms with E-state index in [4.69, 9.17) is 11.6 Å². The molecule has 0 spiro atoms. The normalized spacial score (nSPS) is 24.8. The van der Waals surface area contributed by atoms with Crippen LogP contribution in [0.1, 0.15) is 29.6 Å². The van der Waals surface area contributed by atoms with Crippen LogP contribution in [-0.4, -0.2) is 33.8 Å². The van der Waals surface area contributed by atoms with Crippen molar-refractivity contribution in [1.29, 1.82) is 0 Å². The first-order valence-corrected chi connectivity index (χ1v) is 7.03. The monoisotopic (exact) mass is 295 g/mol. The Bertz CT molecular complexity index is 566. The number of carbonyl (C=O) groups excluding carboxylic acids is 1. The third kappa shape index (κ3) is 2.24. The number of nitro groups is 1. The van der Waals surface area contributed by atoms with Gasteiger partial charge in [0.05, 0.1) is 10.5 Å². The van der Waals surface area contributed by atoms with Crippen LogP contribution in [0, 0.1) is 22.0 Å². The first-order chi connectivity index (χ1) is 9.56. The van der Waals surface area contributed by atoms with E-state index in [9.17, 15) is 14.9 Å². The first kappa shape index (κ1) is 13.3. The molecule has 2 unspecified atom stereocenters. The lowest BCUT2D eigenvalue weighted by molar-refractivity contribution is -0.385. The van der Waals surface area contributed by atoms with E-state index in [2.05, 4.69) is 4.98 Å². The lowest BCUT2D eigenvalue weighted by Gasteiger charge is -2.17. The quantitative estimate of drug-likeness (QED) is 0.477. The Kier molecular flexibility index (Phi) is 3.33. The minimum Gasteiger partial charge on any atom is -0.338 e. The Morgan fingerprint density at radius 3 is 2.65 bits per heavy atom. The van der Waals surface area contributed by atoms with Gasteiger partial charge in [0, 0.05) is 19.2 Å². The lowest BCUT2D eigenvalue weighted by atomic mass is 10.0. The van der Waals surface area contributed by atoms with Crippen LogP contribution in [0.5, 0.6) is 0 Å². The molecule has 1 aliphatic heterocycles. The SMILES string of the molecule is O=C(c1cc([N+](=O)[O-])cnc1Cl)N1CC2CCCC2C1. The molecule has 0 radical (unpaired) electrons. The van der Waals surface area contributed by atoms with Crippen LogP contribution in [-0.2, 0) is 0 Å². The van der Waals surface area contributed by atoms with E-state index in [1.165, 1.54) is 12.5 Å². The summed E-state index contributed by atoms with van der Waals surface area (Å²) in [5.41, 5.74) is -0.0852. The molecule has 1 saturated carbocycles. The van der Waals surface area contributed by atoms with Crippen LogP contribution in [0.4, 0.5) is 5.69 Å². The van der Waals surface area contributed by atoms with Crippen LogP contribution in [0.3, 0.4) is 0 Å². The zero-order valence-corrected chi connectivity index (χ0v) is 11.5. The van der Waals surface area contributed by atoms with E-state index in [0.717, 1.165) is 32.1 Å². The van der Waals surface area contributed by atoms with Crippen molar-refractivity contribution in [3.63, 3.8) is 0 Å². The number of rotatable bonds is 2. The summed E-state index contributed by atoms with van der Waals surface area (Å²) in [5.74, 6) is 0.898. The fraction of sp³-hybridized carbons (Fsp3) is 0.538. The van der Waals surface area contributed by atoms with E-state index >= 15 is 0 Å². The largest absolute Gasteiger partial charge is 0.338 e. The molecule has 2 heterocycles. The minimum atomic E-state index is -0.571. The van der Waals surface area contributed by atoms with E-state index < -0.39 is 4.92 Å². The molecule has 2 aliphatic rings. The number of carbonyl (C=O) groups is 1. The molecular formula is C13H14ClN3O3. The highest BCUT2D eigenvalue weighted by Crippen LogP contribution is 2.38. The first-order valence-electron chi connectivity index (χ1n) is 6.65. The minimum absolute atomic E-state index is 0.0256. The number of aromatic nitrogens is 1. The third-order valence-corrected chi connectivity index (χ3v) is 4.58. The van der Waals surface area contributed by atoms with Gasteiger partial charge in [-0.05, 0) is 24.7 Å². The molecule has 7 heteroatoms. The Balaban J connectivity index is 1.84. The Morgan fingerprint density at radius 2 is 2.05 bits per heavy atom. The Morgan fingerprint density at radius 1 is 1.40 bits per heavy atom. The second-order valence-corrected chi connectivity index (χ2v) is 5.81. The van der Waals surface area contributed by atoms with Crippen LogP contribution < -0.4 is 0 Å². The van der Waals surface area contributed by atoms with Crippen LogP contribution in [0.15, 0.2) is 12.3 Å². The molecule has 1 amide bonds. The number of pyridine rings is 1. The number of likely N-dealkylation sites (tertiary alicyclic amines) is 1. The van der Waals surface area contributed by atoms with Crippen LogP contribution >= 0.6 is 11.6 Å². The maximum absolute atomic E-state index is 12.5. The molecule has 0 N–H and O–H groups in total. The topological polar surface area (TPSA) is 76.3 Å². The maximum atomic E-state index is 12.5. The second kappa shape index (κ2) is 5.01. The van der Waals surface area contributed by atoms with Gasteiger partial charge < -0.3 is 4.90 Å². The zero-order chi connectivity index (χ0) is 14.3. The summed E-state index contributed by atoms with van der Waals surface area (Å²) in [5, 5.41) is 10.8. The number of halogens is 1. The van der Waals surface area contributed by atoms with E-state index in [-0.39, 0.29) is 22.3 Å². The third-order valence-electron chi connectivity index (χ3n) is 4.28. The smallest absolute Gasteiger partial charge is 0.288 e. The van der Waals surface area contributed by atoms with Gasteiger partial charge in [-0.1, -0.05) is 18.0 Å². The van der Waals surface area contributed by atoms with Crippen molar-refractivity contribution >= 4 is 23.2 Å². The number of hydrogen-bond donors (Lipinski definition) is 0. The van der Waals surface area contributed by atoms with Crippen molar-refractivity contribution in [2.24, 2.45) is 11.8 Å². The molecule has 6 nitrogen and oxygen atoms in total. The predicted molar refractivity (Wildman–Crippen MR) is 72.6 cm³/mol. The lowest BCUT2D eigenvalue weighted by Crippen LogP contribution is -2.30. The van der Waals surface area contributed by atoms with Gasteiger partial charge in [0.25, 0.3) is 11.6 Å². The zero-order valence-electron chi connectivity index (χ0n) is 10.8. The van der Waals surface area contributed by atoms with Gasteiger partial charge in [-0.25, -0.2) is 4.98 Å². The highest BCUT2D eigenvalue weighted by molar-refractivity contribution is 6.32. The molecule has 1 saturated heterocycles. The molecule has 1 aromatic rings. The summed E-state index contributed by atoms with van der Waals surface area (Å²) < 4.78 is 0.